The van der Waals surface area contributed by atoms with Crippen LogP contribution in [0.4, 0.5) is 39.5 Å². The number of aryl methyl sites for hydroxylation is 1. The summed E-state index contributed by atoms with van der Waals surface area (Å²) in [5.74, 6) is -7.66. The van der Waals surface area contributed by atoms with Crippen LogP contribution < -0.4 is 4.74 Å². The zero-order chi connectivity index (χ0) is 39.6. The molecule has 0 radical (unpaired) electrons. The second-order valence-electron chi connectivity index (χ2n) is 10.5. The smallest absolute Gasteiger partial charge is 0.481 e. The fraction of sp³-hybridized carbons (Fsp3) is 0.379. The number of carboxylic acid groups (broad SMARTS) is 3. The summed E-state index contributed by atoms with van der Waals surface area (Å²) in [5.41, 5.74) is 4.16. The Morgan fingerprint density at radius 3 is 1.83 bits per heavy atom. The van der Waals surface area contributed by atoms with Crippen molar-refractivity contribution in [3.05, 3.63) is 64.2 Å². The van der Waals surface area contributed by atoms with Gasteiger partial charge in [-0.25, -0.2) is 23.9 Å². The van der Waals surface area contributed by atoms with Crippen molar-refractivity contribution < 1.29 is 74.0 Å². The van der Waals surface area contributed by atoms with Crippen molar-refractivity contribution in [1.29, 1.82) is 0 Å². The fourth-order valence-electron chi connectivity index (χ4n) is 4.15. The lowest BCUT2D eigenvalue weighted by Crippen LogP contribution is -2.46. The van der Waals surface area contributed by atoms with Gasteiger partial charge in [-0.15, -0.1) is 16.4 Å². The van der Waals surface area contributed by atoms with Crippen molar-refractivity contribution in [2.75, 3.05) is 33.8 Å². The number of piperazine rings is 1. The first-order valence-corrected chi connectivity index (χ1v) is 15.0. The third kappa shape index (κ3) is 13.3. The third-order valence-electron chi connectivity index (χ3n) is 6.67. The summed E-state index contributed by atoms with van der Waals surface area (Å²) in [6.45, 7) is 6.20. The van der Waals surface area contributed by atoms with Crippen molar-refractivity contribution in [1.82, 2.24) is 29.6 Å². The summed E-state index contributed by atoms with van der Waals surface area (Å²) < 4.78 is 102. The van der Waals surface area contributed by atoms with Crippen LogP contribution in [0.3, 0.4) is 0 Å². The Morgan fingerprint density at radius 1 is 0.846 bits per heavy atom. The highest BCUT2D eigenvalue weighted by Crippen LogP contribution is 2.29. The molecule has 1 unspecified atom stereocenters. The normalized spacial score (nSPS) is 15.3. The molecular formula is C29H29F9N6O7S. The lowest BCUT2D eigenvalue weighted by Gasteiger charge is -2.38. The van der Waals surface area contributed by atoms with Crippen LogP contribution in [-0.2, 0) is 20.9 Å². The van der Waals surface area contributed by atoms with Crippen LogP contribution in [0.5, 0.6) is 5.88 Å². The summed E-state index contributed by atoms with van der Waals surface area (Å²) in [7, 11) is 3.80. The summed E-state index contributed by atoms with van der Waals surface area (Å²) >= 11 is 1.88. The number of carboxylic acids is 3. The molecule has 4 aromatic rings. The Labute approximate surface area is 291 Å². The van der Waals surface area contributed by atoms with E-state index in [-0.39, 0.29) is 6.04 Å². The monoisotopic (exact) mass is 776 g/mol. The fourth-order valence-corrected chi connectivity index (χ4v) is 5.09. The molecule has 23 heteroatoms. The van der Waals surface area contributed by atoms with Crippen LogP contribution >= 0.6 is 11.3 Å². The van der Waals surface area contributed by atoms with Gasteiger partial charge in [0, 0.05) is 65.5 Å². The second-order valence-corrected chi connectivity index (χ2v) is 11.8. The summed E-state index contributed by atoms with van der Waals surface area (Å²) in [6, 6.07) is 12.8. The minimum atomic E-state index is -5.08. The van der Waals surface area contributed by atoms with Gasteiger partial charge < -0.3 is 20.1 Å². The van der Waals surface area contributed by atoms with Crippen molar-refractivity contribution in [3.63, 3.8) is 0 Å². The van der Waals surface area contributed by atoms with E-state index < -0.39 is 36.4 Å². The number of halogens is 9. The first kappa shape index (κ1) is 43.1. The molecule has 286 valence electrons. The first-order chi connectivity index (χ1) is 23.9. The maximum Gasteiger partial charge on any atom is 0.490 e. The topological polar surface area (TPSA) is 171 Å². The van der Waals surface area contributed by atoms with Crippen molar-refractivity contribution in [2.24, 2.45) is 0 Å². The zero-order valence-corrected chi connectivity index (χ0v) is 27.8. The number of thiophene rings is 1. The lowest BCUT2D eigenvalue weighted by atomic mass is 10.1. The van der Waals surface area contributed by atoms with E-state index in [2.05, 4.69) is 63.3 Å². The SMILES string of the molecule is COc1ccc(-c2ccc3c(C4CN(Cc5ccc(C)s5)CCN4C)nnn3c2)cn1.O=C(O)C(F)(F)F.O=C(O)C(F)(F)F.O=C(O)C(F)(F)F. The highest BCUT2D eigenvalue weighted by molar-refractivity contribution is 7.11. The number of hydrogen-bond acceptors (Lipinski definition) is 10. The molecule has 3 N–H and O–H groups in total. The van der Waals surface area contributed by atoms with Gasteiger partial charge in [-0.05, 0) is 38.2 Å². The predicted octanol–water partition coefficient (Wildman–Crippen LogP) is 5.56. The molecule has 1 aliphatic heterocycles. The predicted molar refractivity (Wildman–Crippen MR) is 164 cm³/mol. The molecule has 1 fully saturated rings. The first-order valence-electron chi connectivity index (χ1n) is 14.2. The number of carbonyl (C=O) groups is 3. The summed E-state index contributed by atoms with van der Waals surface area (Å²) in [6.07, 6.45) is -11.4. The Hall–Kier alpha value is -5.03. The number of nitrogens with zero attached hydrogens (tertiary/aromatic N) is 6. The molecule has 52 heavy (non-hydrogen) atoms. The number of pyridine rings is 2. The minimum absolute atomic E-state index is 0.223. The number of aromatic nitrogens is 4. The Bertz CT molecular complexity index is 1740. The number of hydrogen-bond donors (Lipinski definition) is 3. The van der Waals surface area contributed by atoms with Crippen molar-refractivity contribution in [3.8, 4) is 17.0 Å². The van der Waals surface area contributed by atoms with Gasteiger partial charge >= 0.3 is 36.4 Å². The number of ether oxygens (including phenoxy) is 1. The maximum absolute atomic E-state index is 10.6. The van der Waals surface area contributed by atoms with Crippen LogP contribution in [-0.4, -0.2) is 115 Å². The van der Waals surface area contributed by atoms with Crippen molar-refractivity contribution >= 4 is 34.8 Å². The highest BCUT2D eigenvalue weighted by atomic mass is 32.1. The Morgan fingerprint density at radius 2 is 1.38 bits per heavy atom. The molecule has 5 heterocycles. The van der Waals surface area contributed by atoms with E-state index in [1.165, 1.54) is 9.75 Å². The molecule has 1 atom stereocenters. The summed E-state index contributed by atoms with van der Waals surface area (Å²) in [5, 5.41) is 30.4. The van der Waals surface area contributed by atoms with E-state index in [0.29, 0.717) is 5.88 Å². The van der Waals surface area contributed by atoms with Gasteiger partial charge in [0.05, 0.1) is 18.7 Å². The Balaban J connectivity index is 0.000000365. The van der Waals surface area contributed by atoms with E-state index >= 15 is 0 Å². The van der Waals surface area contributed by atoms with Gasteiger partial charge in [0.25, 0.3) is 0 Å². The van der Waals surface area contributed by atoms with Crippen LogP contribution in [0.25, 0.3) is 16.6 Å². The van der Waals surface area contributed by atoms with Crippen LogP contribution in [0.1, 0.15) is 21.5 Å². The van der Waals surface area contributed by atoms with Crippen LogP contribution in [0, 0.1) is 6.92 Å². The highest BCUT2D eigenvalue weighted by Gasteiger charge is 2.39. The molecule has 1 saturated heterocycles. The molecule has 4 aromatic heterocycles. The largest absolute Gasteiger partial charge is 0.490 e. The quantitative estimate of drug-likeness (QED) is 0.216. The second kappa shape index (κ2) is 17.9. The van der Waals surface area contributed by atoms with Gasteiger partial charge in [0.15, 0.2) is 0 Å². The van der Waals surface area contributed by atoms with Gasteiger partial charge in [-0.1, -0.05) is 11.3 Å². The van der Waals surface area contributed by atoms with Gasteiger partial charge in [0.1, 0.15) is 5.69 Å². The minimum Gasteiger partial charge on any atom is -0.481 e. The maximum atomic E-state index is 10.6. The number of rotatable bonds is 5. The average Bonchev–Trinajstić information content (AvgIpc) is 3.66. The molecule has 0 aromatic carbocycles. The van der Waals surface area contributed by atoms with Gasteiger partial charge in [-0.3, -0.25) is 9.80 Å². The number of fused-ring (bicyclic) bond motifs is 1. The molecule has 0 bridgehead atoms. The van der Waals surface area contributed by atoms with Gasteiger partial charge in [0.2, 0.25) is 5.88 Å². The molecular weight excluding hydrogens is 747 g/mol. The molecule has 13 nitrogen and oxygen atoms in total. The van der Waals surface area contributed by atoms with E-state index in [9.17, 15) is 39.5 Å². The van der Waals surface area contributed by atoms with Crippen molar-refractivity contribution in [2.45, 2.75) is 38.0 Å². The lowest BCUT2D eigenvalue weighted by molar-refractivity contribution is -0.193. The number of aliphatic carboxylic acids is 3. The van der Waals surface area contributed by atoms with Crippen LogP contribution in [0.15, 0.2) is 48.8 Å². The number of methoxy groups -OCH3 is 1. The number of alkyl halides is 9. The third-order valence-corrected chi connectivity index (χ3v) is 7.66. The van der Waals surface area contributed by atoms with E-state index in [4.69, 9.17) is 34.4 Å². The van der Waals surface area contributed by atoms with E-state index in [1.807, 2.05) is 40.4 Å². The Kier molecular flexibility index (Phi) is 14.9. The molecule has 0 spiro atoms. The number of likely N-dealkylation sites (N-methyl/N-ethyl adjacent to an activating group) is 1. The average molecular weight is 777 g/mol. The molecule has 0 aliphatic carbocycles. The van der Waals surface area contributed by atoms with E-state index in [1.54, 1.807) is 7.11 Å². The molecule has 1 aliphatic rings. The van der Waals surface area contributed by atoms with Gasteiger partial charge in [-0.2, -0.15) is 39.5 Å². The molecule has 5 rings (SSSR count). The summed E-state index contributed by atoms with van der Waals surface area (Å²) in [4.78, 5) is 38.7. The molecule has 0 amide bonds. The zero-order valence-electron chi connectivity index (χ0n) is 27.0. The molecule has 0 saturated carbocycles. The standard InChI is InChI=1S/C23H26N6OS.3C2HF3O2/c1-16-4-7-19(31-16)14-28-11-10-27(2)21(15-28)23-20-8-5-18(13-29(20)26-25-23)17-6-9-22(30-3)24-12-17;3*3-2(4,5)1(6)7/h4-9,12-13,21H,10-11,14-15H2,1-3H3;3*(H,6,7). The van der Waals surface area contributed by atoms with E-state index in [0.717, 1.165) is 48.5 Å². The van der Waals surface area contributed by atoms with Crippen LogP contribution in [0.2, 0.25) is 0 Å².